The fourth-order valence-electron chi connectivity index (χ4n) is 5.28. The van der Waals surface area contributed by atoms with E-state index in [1.54, 1.807) is 18.2 Å². The average Bonchev–Trinajstić information content (AvgIpc) is 2.92. The number of nitrogens with zero attached hydrogens (tertiary/aromatic N) is 1. The number of ether oxygens (including phenoxy) is 1. The van der Waals surface area contributed by atoms with E-state index < -0.39 is 11.9 Å². The van der Waals surface area contributed by atoms with E-state index in [-0.39, 0.29) is 30.0 Å². The van der Waals surface area contributed by atoms with Crippen LogP contribution in [0.4, 0.5) is 0 Å². The van der Waals surface area contributed by atoms with Gasteiger partial charge in [-0.15, -0.1) is 0 Å². The van der Waals surface area contributed by atoms with Gasteiger partial charge < -0.3 is 30.7 Å². The van der Waals surface area contributed by atoms with Crippen LogP contribution in [0, 0.1) is 0 Å². The molecule has 2 aliphatic heterocycles. The Balaban J connectivity index is 1.84. The third-order valence-electron chi connectivity index (χ3n) is 7.32. The molecule has 0 spiro atoms. The summed E-state index contributed by atoms with van der Waals surface area (Å²) in [5.74, 6) is -0.641. The number of phenolic OH excluding ortho intramolecular Hbond substituents is 1. The highest BCUT2D eigenvalue weighted by Gasteiger charge is 2.31. The monoisotopic (exact) mass is 536 g/mol. The zero-order valence-corrected chi connectivity index (χ0v) is 22.7. The minimum absolute atomic E-state index is 0.0382. The van der Waals surface area contributed by atoms with E-state index in [0.717, 1.165) is 50.0 Å². The van der Waals surface area contributed by atoms with Gasteiger partial charge in [0.25, 0.3) is 0 Å². The summed E-state index contributed by atoms with van der Waals surface area (Å²) in [7, 11) is 0. The van der Waals surface area contributed by atoms with E-state index in [1.807, 2.05) is 29.2 Å². The molecular weight excluding hydrogens is 496 g/mol. The summed E-state index contributed by atoms with van der Waals surface area (Å²) >= 11 is 0. The summed E-state index contributed by atoms with van der Waals surface area (Å²) in [5.41, 5.74) is 2.39. The number of benzene rings is 2. The number of aromatic hydroxyl groups is 1. The smallest absolute Gasteiger partial charge is 0.308 e. The Kier molecular flexibility index (Phi) is 10.3. The first-order valence-electron chi connectivity index (χ1n) is 14.0. The molecule has 9 nitrogen and oxygen atoms in total. The number of nitrogens with one attached hydrogen (secondary N) is 3. The van der Waals surface area contributed by atoms with Crippen molar-refractivity contribution in [2.75, 3.05) is 39.3 Å². The lowest BCUT2D eigenvalue weighted by Crippen LogP contribution is -2.39. The standard InChI is InChI=1S/C30H40N4O5/c1-21(35)39-28-11-8-23-19-25(28)26(18-22-6-9-24(36)10-7-22)30(38)34-16-3-2-12-31-13-4-14-32-27(23)20-29(37)33-15-5-17-34/h6-11,19,26-27,31-32,36H,2-5,12-18,20H2,1H3,(H,33,37)/t26-,27-/m1/s1. The van der Waals surface area contributed by atoms with Gasteiger partial charge in [-0.1, -0.05) is 18.2 Å². The Morgan fingerprint density at radius 1 is 0.974 bits per heavy atom. The summed E-state index contributed by atoms with van der Waals surface area (Å²) in [6.07, 6.45) is 4.02. The van der Waals surface area contributed by atoms with E-state index in [9.17, 15) is 19.5 Å². The van der Waals surface area contributed by atoms with Crippen LogP contribution in [0.15, 0.2) is 42.5 Å². The van der Waals surface area contributed by atoms with Crippen LogP contribution in [0.5, 0.6) is 11.5 Å². The van der Waals surface area contributed by atoms with Gasteiger partial charge in [-0.25, -0.2) is 0 Å². The molecule has 0 unspecified atom stereocenters. The Morgan fingerprint density at radius 3 is 2.54 bits per heavy atom. The van der Waals surface area contributed by atoms with Gasteiger partial charge in [0.2, 0.25) is 11.8 Å². The molecule has 0 saturated carbocycles. The Morgan fingerprint density at radius 2 is 1.74 bits per heavy atom. The van der Waals surface area contributed by atoms with Crippen molar-refractivity contribution in [2.45, 2.75) is 57.4 Å². The van der Waals surface area contributed by atoms with Crippen molar-refractivity contribution < 1.29 is 24.2 Å². The van der Waals surface area contributed by atoms with Gasteiger partial charge in [-0.3, -0.25) is 14.4 Å². The van der Waals surface area contributed by atoms with Gasteiger partial charge in [0.05, 0.1) is 5.92 Å². The number of amides is 2. The molecule has 0 saturated heterocycles. The second kappa shape index (κ2) is 14.1. The maximum Gasteiger partial charge on any atom is 0.308 e. The molecular formula is C30H40N4O5. The highest BCUT2D eigenvalue weighted by molar-refractivity contribution is 5.86. The number of hydrogen-bond donors (Lipinski definition) is 4. The first-order valence-corrected chi connectivity index (χ1v) is 14.0. The third kappa shape index (κ3) is 8.28. The average molecular weight is 537 g/mol. The fourth-order valence-corrected chi connectivity index (χ4v) is 5.28. The summed E-state index contributed by atoms with van der Waals surface area (Å²) in [6.45, 7) is 5.46. The maximum atomic E-state index is 14.3. The molecule has 0 fully saturated rings. The minimum Gasteiger partial charge on any atom is -0.508 e. The molecule has 4 N–H and O–H groups in total. The van der Waals surface area contributed by atoms with Crippen LogP contribution in [0.25, 0.3) is 0 Å². The Hall–Kier alpha value is -3.43. The fraction of sp³-hybridized carbons (Fsp3) is 0.500. The zero-order valence-electron chi connectivity index (χ0n) is 22.7. The normalized spacial score (nSPS) is 21.7. The third-order valence-corrected chi connectivity index (χ3v) is 7.32. The molecule has 9 heteroatoms. The number of rotatable bonds is 3. The van der Waals surface area contributed by atoms with Crippen LogP contribution in [0.3, 0.4) is 0 Å². The van der Waals surface area contributed by atoms with E-state index in [2.05, 4.69) is 16.0 Å². The van der Waals surface area contributed by atoms with Crippen LogP contribution in [0.2, 0.25) is 0 Å². The van der Waals surface area contributed by atoms with Crippen LogP contribution < -0.4 is 20.7 Å². The molecule has 2 amide bonds. The van der Waals surface area contributed by atoms with E-state index in [1.165, 1.54) is 6.92 Å². The van der Waals surface area contributed by atoms with Gasteiger partial charge in [0.1, 0.15) is 11.5 Å². The highest BCUT2D eigenvalue weighted by atomic mass is 16.5. The van der Waals surface area contributed by atoms with Crippen LogP contribution >= 0.6 is 0 Å². The Bertz CT molecular complexity index is 1140. The first-order chi connectivity index (χ1) is 18.9. The van der Waals surface area contributed by atoms with Gasteiger partial charge in [0, 0.05) is 44.6 Å². The summed E-state index contributed by atoms with van der Waals surface area (Å²) < 4.78 is 5.63. The summed E-state index contributed by atoms with van der Waals surface area (Å²) in [6, 6.07) is 12.1. The van der Waals surface area contributed by atoms with Crippen molar-refractivity contribution in [2.24, 2.45) is 0 Å². The van der Waals surface area contributed by atoms with Crippen LogP contribution in [-0.4, -0.2) is 67.1 Å². The van der Waals surface area contributed by atoms with Gasteiger partial charge in [-0.05, 0) is 87.1 Å². The molecule has 2 heterocycles. The van der Waals surface area contributed by atoms with Crippen molar-refractivity contribution in [3.63, 3.8) is 0 Å². The number of fused-ring (bicyclic) bond motifs is 2. The lowest BCUT2D eigenvalue weighted by atomic mass is 9.87. The van der Waals surface area contributed by atoms with E-state index in [4.69, 9.17) is 4.74 Å². The number of carbonyl (C=O) groups excluding carboxylic acids is 3. The summed E-state index contributed by atoms with van der Waals surface area (Å²) in [5, 5.41) is 19.9. The van der Waals surface area contributed by atoms with E-state index in [0.29, 0.717) is 43.8 Å². The lowest BCUT2D eigenvalue weighted by molar-refractivity contribution is -0.134. The highest BCUT2D eigenvalue weighted by Crippen LogP contribution is 2.35. The Labute approximate surface area is 230 Å². The molecule has 210 valence electrons. The van der Waals surface area contributed by atoms with Gasteiger partial charge >= 0.3 is 5.97 Å². The molecule has 2 aromatic rings. The lowest BCUT2D eigenvalue weighted by Gasteiger charge is -2.29. The molecule has 0 radical (unpaired) electrons. The molecule has 2 aliphatic rings. The number of hydrogen-bond acceptors (Lipinski definition) is 7. The van der Waals surface area contributed by atoms with E-state index >= 15 is 0 Å². The van der Waals surface area contributed by atoms with Gasteiger partial charge in [0.15, 0.2) is 0 Å². The molecule has 4 rings (SSSR count). The second-order valence-electron chi connectivity index (χ2n) is 10.4. The van der Waals surface area contributed by atoms with Crippen LogP contribution in [-0.2, 0) is 20.8 Å². The topological polar surface area (TPSA) is 120 Å². The van der Waals surface area contributed by atoms with Crippen molar-refractivity contribution in [3.8, 4) is 11.5 Å². The molecule has 39 heavy (non-hydrogen) atoms. The first kappa shape index (κ1) is 28.6. The molecule has 4 bridgehead atoms. The second-order valence-corrected chi connectivity index (χ2v) is 10.4. The largest absolute Gasteiger partial charge is 0.508 e. The quantitative estimate of drug-likeness (QED) is 0.352. The molecule has 2 atom stereocenters. The van der Waals surface area contributed by atoms with Crippen molar-refractivity contribution >= 4 is 17.8 Å². The minimum atomic E-state index is -0.611. The summed E-state index contributed by atoms with van der Waals surface area (Å²) in [4.78, 5) is 41.2. The predicted octanol–water partition coefficient (Wildman–Crippen LogP) is 2.79. The molecule has 0 aliphatic carbocycles. The number of carbonyl (C=O) groups is 3. The number of esters is 1. The van der Waals surface area contributed by atoms with Crippen molar-refractivity contribution in [1.29, 1.82) is 0 Å². The zero-order chi connectivity index (χ0) is 27.6. The predicted molar refractivity (Wildman–Crippen MR) is 149 cm³/mol. The van der Waals surface area contributed by atoms with Gasteiger partial charge in [-0.2, -0.15) is 0 Å². The molecule has 0 aromatic heterocycles. The van der Waals surface area contributed by atoms with Crippen molar-refractivity contribution in [3.05, 3.63) is 59.2 Å². The molecule has 2 aromatic carbocycles. The van der Waals surface area contributed by atoms with Crippen LogP contribution in [0.1, 0.15) is 67.7 Å². The SMILES string of the molecule is CC(=O)Oc1ccc2cc1[C@@H](Cc1ccc(O)cc1)C(=O)N1CCCCNCCCN[C@@H]2CC(=O)NCCC1. The maximum absolute atomic E-state index is 14.3. The number of phenols is 1. The van der Waals surface area contributed by atoms with Crippen molar-refractivity contribution in [1.82, 2.24) is 20.9 Å².